The van der Waals surface area contributed by atoms with Crippen molar-refractivity contribution in [3.63, 3.8) is 0 Å². The van der Waals surface area contributed by atoms with Gasteiger partial charge in [-0.25, -0.2) is 0 Å². The average Bonchev–Trinajstić information content (AvgIpc) is 2.33. The van der Waals surface area contributed by atoms with E-state index >= 15 is 0 Å². The fourth-order valence-corrected chi connectivity index (χ4v) is 2.45. The van der Waals surface area contributed by atoms with Gasteiger partial charge in [0.05, 0.1) is 13.2 Å². The third-order valence-corrected chi connectivity index (χ3v) is 3.01. The molecule has 2 saturated heterocycles. The summed E-state index contributed by atoms with van der Waals surface area (Å²) in [6.07, 6.45) is 0. The predicted octanol–water partition coefficient (Wildman–Crippen LogP) is 0.295. The summed E-state index contributed by atoms with van der Waals surface area (Å²) in [6.45, 7) is 1.91. The maximum Gasteiger partial charge on any atom is 0.0623 e. The summed E-state index contributed by atoms with van der Waals surface area (Å²) in [5, 5.41) is 3.42. The lowest BCUT2D eigenvalue weighted by Crippen LogP contribution is -2.40. The molecule has 2 atom stereocenters. The Labute approximate surface area is 59.3 Å². The minimum atomic E-state index is 0.672. The summed E-state index contributed by atoms with van der Waals surface area (Å²) < 4.78 is 5.32. The van der Waals surface area contributed by atoms with Crippen LogP contribution in [0.1, 0.15) is 0 Å². The highest BCUT2D eigenvalue weighted by Crippen LogP contribution is 2.22. The van der Waals surface area contributed by atoms with Crippen LogP contribution >= 0.6 is 11.8 Å². The van der Waals surface area contributed by atoms with E-state index in [2.05, 4.69) is 5.32 Å². The van der Waals surface area contributed by atoms with Gasteiger partial charge in [-0.05, 0) is 0 Å². The van der Waals surface area contributed by atoms with Crippen molar-refractivity contribution in [3.05, 3.63) is 0 Å². The second-order valence-electron chi connectivity index (χ2n) is 2.62. The molecule has 3 heteroatoms. The summed E-state index contributed by atoms with van der Waals surface area (Å²) in [5.41, 5.74) is 0. The predicted molar refractivity (Wildman–Crippen MR) is 38.6 cm³/mol. The molecule has 52 valence electrons. The van der Waals surface area contributed by atoms with Crippen LogP contribution in [0.25, 0.3) is 0 Å². The lowest BCUT2D eigenvalue weighted by atomic mass is 10.1. The van der Waals surface area contributed by atoms with Crippen molar-refractivity contribution in [2.45, 2.75) is 6.04 Å². The van der Waals surface area contributed by atoms with Crippen LogP contribution < -0.4 is 5.32 Å². The molecule has 2 aliphatic heterocycles. The third-order valence-electron chi connectivity index (χ3n) is 1.98. The van der Waals surface area contributed by atoms with Crippen LogP contribution in [0.3, 0.4) is 0 Å². The Morgan fingerprint density at radius 2 is 2.44 bits per heavy atom. The van der Waals surface area contributed by atoms with Crippen molar-refractivity contribution < 1.29 is 4.74 Å². The van der Waals surface area contributed by atoms with Crippen molar-refractivity contribution in [2.24, 2.45) is 5.92 Å². The Bertz CT molecular complexity index is 97.2. The van der Waals surface area contributed by atoms with Gasteiger partial charge in [0.15, 0.2) is 0 Å². The minimum Gasteiger partial charge on any atom is -0.379 e. The highest BCUT2D eigenvalue weighted by molar-refractivity contribution is 7.99. The van der Waals surface area contributed by atoms with Crippen LogP contribution in [0.2, 0.25) is 0 Å². The van der Waals surface area contributed by atoms with Crippen molar-refractivity contribution >= 4 is 11.8 Å². The van der Waals surface area contributed by atoms with E-state index in [0.29, 0.717) is 6.04 Å². The van der Waals surface area contributed by atoms with Gasteiger partial charge in [0, 0.05) is 23.6 Å². The molecule has 0 amide bonds. The molecule has 2 nitrogen and oxygen atoms in total. The van der Waals surface area contributed by atoms with Gasteiger partial charge in [-0.15, -0.1) is 11.8 Å². The summed E-state index contributed by atoms with van der Waals surface area (Å²) >= 11 is 1.98. The zero-order valence-electron chi connectivity index (χ0n) is 5.30. The highest BCUT2D eigenvalue weighted by Gasteiger charge is 2.29. The molecular formula is C6H11NOS. The maximum absolute atomic E-state index is 5.32. The lowest BCUT2D eigenvalue weighted by Gasteiger charge is -2.23. The van der Waals surface area contributed by atoms with Crippen LogP contribution in [-0.4, -0.2) is 30.9 Å². The Kier molecular flexibility index (Phi) is 1.66. The van der Waals surface area contributed by atoms with Crippen LogP contribution in [0.15, 0.2) is 0 Å². The molecule has 0 radical (unpaired) electrons. The third kappa shape index (κ3) is 1.09. The number of hydrogen-bond donors (Lipinski definition) is 1. The Morgan fingerprint density at radius 1 is 1.44 bits per heavy atom. The van der Waals surface area contributed by atoms with Gasteiger partial charge in [-0.1, -0.05) is 0 Å². The fraction of sp³-hybridized carbons (Fsp3) is 1.00. The Balaban J connectivity index is 1.97. The van der Waals surface area contributed by atoms with E-state index in [1.54, 1.807) is 0 Å². The van der Waals surface area contributed by atoms with E-state index in [1.807, 2.05) is 11.8 Å². The number of rotatable bonds is 0. The van der Waals surface area contributed by atoms with Crippen molar-refractivity contribution in [2.75, 3.05) is 24.8 Å². The largest absolute Gasteiger partial charge is 0.379 e. The van der Waals surface area contributed by atoms with Crippen LogP contribution in [-0.2, 0) is 4.74 Å². The standard InChI is InChI=1S/C6H11NOS/c1-5-3-9-4-7-6(5)2-8-1/h5-7H,1-4H2. The topological polar surface area (TPSA) is 21.3 Å². The molecule has 9 heavy (non-hydrogen) atoms. The number of fused-ring (bicyclic) bond motifs is 1. The molecule has 0 aliphatic carbocycles. The molecule has 0 aromatic heterocycles. The fourth-order valence-electron chi connectivity index (χ4n) is 1.36. The minimum absolute atomic E-state index is 0.672. The molecule has 2 rings (SSSR count). The van der Waals surface area contributed by atoms with Gasteiger partial charge >= 0.3 is 0 Å². The van der Waals surface area contributed by atoms with Crippen LogP contribution in [0, 0.1) is 5.92 Å². The summed E-state index contributed by atoms with van der Waals surface area (Å²) in [6, 6.07) is 0.672. The molecule has 2 fully saturated rings. The molecule has 0 spiro atoms. The van der Waals surface area contributed by atoms with Crippen molar-refractivity contribution in [1.29, 1.82) is 0 Å². The molecule has 2 unspecified atom stereocenters. The normalized spacial score (nSPS) is 42.7. The van der Waals surface area contributed by atoms with E-state index in [9.17, 15) is 0 Å². The van der Waals surface area contributed by atoms with E-state index in [-0.39, 0.29) is 0 Å². The van der Waals surface area contributed by atoms with E-state index in [0.717, 1.165) is 25.0 Å². The molecule has 2 aliphatic rings. The summed E-state index contributed by atoms with van der Waals surface area (Å²) in [4.78, 5) is 0. The monoisotopic (exact) mass is 145 g/mol. The quantitative estimate of drug-likeness (QED) is 0.529. The lowest BCUT2D eigenvalue weighted by molar-refractivity contribution is 0.185. The molecule has 0 aromatic rings. The number of nitrogens with one attached hydrogen (secondary N) is 1. The molecule has 0 saturated carbocycles. The van der Waals surface area contributed by atoms with E-state index in [4.69, 9.17) is 4.74 Å². The summed E-state index contributed by atoms with van der Waals surface area (Å²) in [7, 11) is 0. The smallest absolute Gasteiger partial charge is 0.0623 e. The molecule has 2 heterocycles. The van der Waals surface area contributed by atoms with Crippen molar-refractivity contribution in [3.8, 4) is 0 Å². The van der Waals surface area contributed by atoms with E-state index in [1.165, 1.54) is 5.75 Å². The first-order valence-electron chi connectivity index (χ1n) is 3.36. The van der Waals surface area contributed by atoms with E-state index < -0.39 is 0 Å². The summed E-state index contributed by atoms with van der Waals surface area (Å²) in [5.74, 6) is 3.20. The number of hydrogen-bond acceptors (Lipinski definition) is 3. The molecule has 1 N–H and O–H groups in total. The van der Waals surface area contributed by atoms with Crippen LogP contribution in [0.5, 0.6) is 0 Å². The first kappa shape index (κ1) is 6.01. The Morgan fingerprint density at radius 3 is 3.33 bits per heavy atom. The van der Waals surface area contributed by atoms with Crippen molar-refractivity contribution in [1.82, 2.24) is 5.32 Å². The average molecular weight is 145 g/mol. The van der Waals surface area contributed by atoms with Gasteiger partial charge in [-0.3, -0.25) is 0 Å². The highest BCUT2D eigenvalue weighted by atomic mass is 32.2. The zero-order valence-corrected chi connectivity index (χ0v) is 6.12. The molecule has 0 bridgehead atoms. The van der Waals surface area contributed by atoms with Gasteiger partial charge < -0.3 is 10.1 Å². The number of thioether (sulfide) groups is 1. The zero-order chi connectivity index (χ0) is 6.10. The van der Waals surface area contributed by atoms with Gasteiger partial charge in [0.2, 0.25) is 0 Å². The molecule has 0 aromatic carbocycles. The Hall–Kier alpha value is 0.270. The first-order valence-corrected chi connectivity index (χ1v) is 4.51. The van der Waals surface area contributed by atoms with Gasteiger partial charge in [-0.2, -0.15) is 0 Å². The maximum atomic E-state index is 5.32. The molecular weight excluding hydrogens is 134 g/mol. The first-order chi connectivity index (χ1) is 4.47. The second kappa shape index (κ2) is 2.48. The SMILES string of the molecule is C1NC2COCC2CS1. The van der Waals surface area contributed by atoms with Gasteiger partial charge in [0.1, 0.15) is 0 Å². The van der Waals surface area contributed by atoms with Crippen LogP contribution in [0.4, 0.5) is 0 Å². The van der Waals surface area contributed by atoms with Gasteiger partial charge in [0.25, 0.3) is 0 Å². The second-order valence-corrected chi connectivity index (χ2v) is 3.65. The number of ether oxygens (including phenoxy) is 1.